The molecule has 1 saturated heterocycles. The molecule has 0 spiro atoms. The molecule has 1 aromatic rings. The number of morpholine rings is 1. The van der Waals surface area contributed by atoms with E-state index < -0.39 is 12.0 Å². The SMILES string of the molecule is CC1COC(CN)CN1c1nc(C(F)(F)F)ns1. The van der Waals surface area contributed by atoms with Gasteiger partial charge in [0, 0.05) is 24.6 Å². The minimum Gasteiger partial charge on any atom is -0.373 e. The second-order valence-electron chi connectivity index (χ2n) is 4.09. The third-order valence-electron chi connectivity index (χ3n) is 2.68. The molecule has 0 bridgehead atoms. The maximum atomic E-state index is 12.4. The number of hydrogen-bond donors (Lipinski definition) is 1. The molecule has 1 aliphatic rings. The van der Waals surface area contributed by atoms with Gasteiger partial charge in [0.1, 0.15) is 0 Å². The summed E-state index contributed by atoms with van der Waals surface area (Å²) in [5, 5.41) is 0.261. The summed E-state index contributed by atoms with van der Waals surface area (Å²) in [5.41, 5.74) is 5.50. The molecule has 9 heteroatoms. The van der Waals surface area contributed by atoms with Gasteiger partial charge in [0.05, 0.1) is 18.8 Å². The standard InChI is InChI=1S/C9H13F3N4OS/c1-5-4-17-6(2-13)3-16(5)8-14-7(15-18-8)9(10,11)12/h5-6H,2-4,13H2,1H3. The van der Waals surface area contributed by atoms with Crippen LogP contribution in [0, 0.1) is 0 Å². The predicted molar refractivity (Wildman–Crippen MR) is 60.5 cm³/mol. The van der Waals surface area contributed by atoms with Crippen LogP contribution in [0.1, 0.15) is 12.7 Å². The maximum Gasteiger partial charge on any atom is 0.452 e. The van der Waals surface area contributed by atoms with Gasteiger partial charge in [-0.2, -0.15) is 22.5 Å². The normalized spacial score (nSPS) is 25.5. The van der Waals surface area contributed by atoms with Crippen LogP contribution in [-0.2, 0) is 10.9 Å². The number of ether oxygens (including phenoxy) is 1. The zero-order valence-electron chi connectivity index (χ0n) is 9.65. The highest BCUT2D eigenvalue weighted by atomic mass is 32.1. The Morgan fingerprint density at radius 2 is 2.28 bits per heavy atom. The fourth-order valence-corrected chi connectivity index (χ4v) is 2.47. The molecular weight excluding hydrogens is 269 g/mol. The summed E-state index contributed by atoms with van der Waals surface area (Å²) in [6.45, 7) is 3.04. The van der Waals surface area contributed by atoms with Crippen LogP contribution >= 0.6 is 11.5 Å². The molecule has 2 N–H and O–H groups in total. The highest BCUT2D eigenvalue weighted by Crippen LogP contribution is 2.31. The second-order valence-corrected chi connectivity index (χ2v) is 4.82. The third kappa shape index (κ3) is 2.73. The van der Waals surface area contributed by atoms with E-state index in [9.17, 15) is 13.2 Å². The molecular formula is C9H13F3N4OS. The summed E-state index contributed by atoms with van der Waals surface area (Å²) in [7, 11) is 0. The Morgan fingerprint density at radius 3 is 2.83 bits per heavy atom. The Hall–Kier alpha value is -0.930. The van der Waals surface area contributed by atoms with Crippen LogP contribution in [0.15, 0.2) is 0 Å². The molecule has 0 saturated carbocycles. The number of nitrogens with two attached hydrogens (primary N) is 1. The molecule has 1 fully saturated rings. The Balaban J connectivity index is 2.17. The van der Waals surface area contributed by atoms with E-state index >= 15 is 0 Å². The highest BCUT2D eigenvalue weighted by molar-refractivity contribution is 7.09. The van der Waals surface area contributed by atoms with E-state index in [1.807, 2.05) is 6.92 Å². The smallest absolute Gasteiger partial charge is 0.373 e. The van der Waals surface area contributed by atoms with Gasteiger partial charge in [-0.25, -0.2) is 0 Å². The molecule has 2 heterocycles. The first kappa shape index (κ1) is 13.5. The van der Waals surface area contributed by atoms with Crippen molar-refractivity contribution in [2.75, 3.05) is 24.6 Å². The molecule has 18 heavy (non-hydrogen) atoms. The first-order chi connectivity index (χ1) is 8.41. The minimum absolute atomic E-state index is 0.0400. The topological polar surface area (TPSA) is 64.3 Å². The molecule has 0 radical (unpaired) electrons. The van der Waals surface area contributed by atoms with Crippen molar-refractivity contribution in [1.29, 1.82) is 0 Å². The van der Waals surface area contributed by atoms with Crippen molar-refractivity contribution in [2.45, 2.75) is 25.2 Å². The number of aromatic nitrogens is 2. The van der Waals surface area contributed by atoms with Gasteiger partial charge in [-0.3, -0.25) is 0 Å². The average molecular weight is 282 g/mol. The summed E-state index contributed by atoms with van der Waals surface area (Å²) in [4.78, 5) is 5.29. The number of nitrogens with zero attached hydrogens (tertiary/aromatic N) is 3. The van der Waals surface area contributed by atoms with Crippen LogP contribution in [-0.4, -0.2) is 41.2 Å². The van der Waals surface area contributed by atoms with Gasteiger partial charge in [-0.05, 0) is 6.92 Å². The Morgan fingerprint density at radius 1 is 1.56 bits per heavy atom. The lowest BCUT2D eigenvalue weighted by atomic mass is 10.2. The zero-order chi connectivity index (χ0) is 13.3. The quantitative estimate of drug-likeness (QED) is 0.880. The van der Waals surface area contributed by atoms with Crippen molar-refractivity contribution < 1.29 is 17.9 Å². The maximum absolute atomic E-state index is 12.4. The molecule has 2 rings (SSSR count). The molecule has 0 amide bonds. The van der Waals surface area contributed by atoms with Gasteiger partial charge >= 0.3 is 6.18 Å². The Labute approximate surface area is 106 Å². The largest absolute Gasteiger partial charge is 0.452 e. The van der Waals surface area contributed by atoms with Crippen molar-refractivity contribution >= 4 is 16.7 Å². The highest BCUT2D eigenvalue weighted by Gasteiger charge is 2.37. The molecule has 5 nitrogen and oxygen atoms in total. The predicted octanol–water partition coefficient (Wildman–Crippen LogP) is 1.11. The summed E-state index contributed by atoms with van der Waals surface area (Å²) in [5.74, 6) is -1.09. The molecule has 102 valence electrons. The van der Waals surface area contributed by atoms with Crippen molar-refractivity contribution in [3.05, 3.63) is 5.82 Å². The van der Waals surface area contributed by atoms with Crippen LogP contribution in [0.5, 0.6) is 0 Å². The first-order valence-corrected chi connectivity index (χ1v) is 6.18. The van der Waals surface area contributed by atoms with Crippen LogP contribution < -0.4 is 10.6 Å². The van der Waals surface area contributed by atoms with E-state index in [2.05, 4.69) is 9.36 Å². The lowest BCUT2D eigenvalue weighted by Crippen LogP contribution is -2.50. The van der Waals surface area contributed by atoms with Gasteiger partial charge in [0.2, 0.25) is 11.0 Å². The average Bonchev–Trinajstić information content (AvgIpc) is 2.78. The molecule has 0 aromatic carbocycles. The van der Waals surface area contributed by atoms with Gasteiger partial charge in [0.15, 0.2) is 0 Å². The fraction of sp³-hybridized carbons (Fsp3) is 0.778. The summed E-state index contributed by atoms with van der Waals surface area (Å²) in [6, 6.07) is -0.0400. The zero-order valence-corrected chi connectivity index (χ0v) is 10.5. The summed E-state index contributed by atoms with van der Waals surface area (Å²) in [6.07, 6.45) is -4.68. The summed E-state index contributed by atoms with van der Waals surface area (Å²) < 4.78 is 46.1. The van der Waals surface area contributed by atoms with Crippen molar-refractivity contribution in [2.24, 2.45) is 5.73 Å². The van der Waals surface area contributed by atoms with Crippen LogP contribution in [0.2, 0.25) is 0 Å². The lowest BCUT2D eigenvalue weighted by molar-refractivity contribution is -0.144. The van der Waals surface area contributed by atoms with E-state index in [1.165, 1.54) is 0 Å². The minimum atomic E-state index is -4.50. The number of rotatable bonds is 2. The lowest BCUT2D eigenvalue weighted by Gasteiger charge is -2.37. The van der Waals surface area contributed by atoms with Gasteiger partial charge in [-0.1, -0.05) is 0 Å². The molecule has 1 aromatic heterocycles. The van der Waals surface area contributed by atoms with E-state index in [-0.39, 0.29) is 17.3 Å². The molecule has 0 aliphatic carbocycles. The molecule has 2 unspecified atom stereocenters. The Bertz CT molecular complexity index is 411. The Kier molecular flexibility index (Phi) is 3.74. The van der Waals surface area contributed by atoms with Crippen molar-refractivity contribution in [3.8, 4) is 0 Å². The third-order valence-corrected chi connectivity index (χ3v) is 3.44. The van der Waals surface area contributed by atoms with Gasteiger partial charge in [-0.15, -0.1) is 0 Å². The van der Waals surface area contributed by atoms with Crippen LogP contribution in [0.4, 0.5) is 18.3 Å². The van der Waals surface area contributed by atoms with E-state index in [0.29, 0.717) is 19.7 Å². The number of anilines is 1. The second kappa shape index (κ2) is 4.98. The van der Waals surface area contributed by atoms with E-state index in [0.717, 1.165) is 11.5 Å². The van der Waals surface area contributed by atoms with Crippen LogP contribution in [0.3, 0.4) is 0 Å². The number of halogens is 3. The van der Waals surface area contributed by atoms with E-state index in [4.69, 9.17) is 10.5 Å². The van der Waals surface area contributed by atoms with E-state index in [1.54, 1.807) is 4.90 Å². The number of hydrogen-bond acceptors (Lipinski definition) is 6. The monoisotopic (exact) mass is 282 g/mol. The first-order valence-electron chi connectivity index (χ1n) is 5.41. The van der Waals surface area contributed by atoms with Gasteiger partial charge < -0.3 is 15.4 Å². The fourth-order valence-electron chi connectivity index (χ4n) is 1.67. The van der Waals surface area contributed by atoms with Crippen molar-refractivity contribution in [1.82, 2.24) is 9.36 Å². The van der Waals surface area contributed by atoms with Gasteiger partial charge in [0.25, 0.3) is 0 Å². The van der Waals surface area contributed by atoms with Crippen LogP contribution in [0.25, 0.3) is 0 Å². The number of alkyl halides is 3. The molecule has 1 aliphatic heterocycles. The van der Waals surface area contributed by atoms with Crippen molar-refractivity contribution in [3.63, 3.8) is 0 Å². The molecule has 2 atom stereocenters. The summed E-state index contributed by atoms with van der Waals surface area (Å²) >= 11 is 0.748.